The van der Waals surface area contributed by atoms with E-state index in [2.05, 4.69) is 6.92 Å². The molecule has 11 heteroatoms. The van der Waals surface area contributed by atoms with Gasteiger partial charge in [0.1, 0.15) is 26.0 Å². The monoisotopic (exact) mass is 729 g/mol. The number of quaternary nitrogens is 1. The lowest BCUT2D eigenvalue weighted by atomic mass is 10.0. The van der Waals surface area contributed by atoms with Gasteiger partial charge in [0.25, 0.3) is 7.82 Å². The number of allylic oxidation sites excluding steroid dienone is 4. The third kappa shape index (κ3) is 36.0. The summed E-state index contributed by atoms with van der Waals surface area (Å²) in [6, 6.07) is 0. The van der Waals surface area contributed by atoms with Crippen LogP contribution in [0.25, 0.3) is 0 Å². The van der Waals surface area contributed by atoms with Crippen LogP contribution in [0, 0.1) is 0 Å². The number of esters is 2. The van der Waals surface area contributed by atoms with Gasteiger partial charge in [-0.15, -0.1) is 0 Å². The molecule has 1 unspecified atom stereocenters. The highest BCUT2D eigenvalue weighted by Gasteiger charge is 2.21. The van der Waals surface area contributed by atoms with Crippen molar-refractivity contribution < 1.29 is 46.8 Å². The molecule has 0 aromatic heterocycles. The summed E-state index contributed by atoms with van der Waals surface area (Å²) in [4.78, 5) is 47.5. The molecule has 50 heavy (non-hydrogen) atoms. The number of nitrogens with zero attached hydrogens (tertiary/aromatic N) is 1. The van der Waals surface area contributed by atoms with Gasteiger partial charge >= 0.3 is 11.9 Å². The first-order valence-electron chi connectivity index (χ1n) is 19.5. The third-order valence-electron chi connectivity index (χ3n) is 8.33. The van der Waals surface area contributed by atoms with Crippen molar-refractivity contribution in [2.24, 2.45) is 0 Å². The molecular formula is C39H72NO9P. The fourth-order valence-electron chi connectivity index (χ4n) is 5.24. The van der Waals surface area contributed by atoms with Crippen LogP contribution in [-0.4, -0.2) is 76.3 Å². The molecule has 0 saturated carbocycles. The molecule has 292 valence electrons. The summed E-state index contributed by atoms with van der Waals surface area (Å²) in [6.07, 6.45) is 31.2. The number of aldehydes is 1. The zero-order valence-corrected chi connectivity index (χ0v) is 33.0. The molecule has 0 saturated heterocycles. The Kier molecular flexibility index (Phi) is 31.8. The van der Waals surface area contributed by atoms with Crippen LogP contribution in [0.15, 0.2) is 24.3 Å². The average molecular weight is 730 g/mol. The predicted molar refractivity (Wildman–Crippen MR) is 199 cm³/mol. The Morgan fingerprint density at radius 1 is 0.660 bits per heavy atom. The second kappa shape index (κ2) is 33.0. The average Bonchev–Trinajstić information content (AvgIpc) is 3.06. The van der Waals surface area contributed by atoms with Crippen LogP contribution >= 0.6 is 7.82 Å². The summed E-state index contributed by atoms with van der Waals surface area (Å²) in [5.41, 5.74) is 0. The van der Waals surface area contributed by atoms with Crippen molar-refractivity contribution in [3.05, 3.63) is 24.3 Å². The van der Waals surface area contributed by atoms with Gasteiger partial charge in [0.05, 0.1) is 27.7 Å². The highest BCUT2D eigenvalue weighted by atomic mass is 31.2. The van der Waals surface area contributed by atoms with Gasteiger partial charge in [0.15, 0.2) is 6.10 Å². The molecule has 0 bridgehead atoms. The zero-order valence-electron chi connectivity index (χ0n) is 32.1. The van der Waals surface area contributed by atoms with Crippen molar-refractivity contribution in [2.45, 2.75) is 161 Å². The minimum absolute atomic E-state index is 0.0452. The quantitative estimate of drug-likeness (QED) is 0.0118. The summed E-state index contributed by atoms with van der Waals surface area (Å²) < 4.78 is 33.6. The fraction of sp³-hybridized carbons (Fsp3) is 0.821. The molecule has 0 aromatic carbocycles. The summed E-state index contributed by atoms with van der Waals surface area (Å²) in [7, 11) is 1.11. The smallest absolute Gasteiger partial charge is 0.306 e. The summed E-state index contributed by atoms with van der Waals surface area (Å²) in [5.74, 6) is -0.895. The number of hydrogen-bond donors (Lipinski definition) is 0. The molecule has 0 rings (SSSR count). The van der Waals surface area contributed by atoms with Crippen molar-refractivity contribution in [3.63, 3.8) is 0 Å². The molecule has 0 aromatic rings. The number of phosphoric acid groups is 1. The van der Waals surface area contributed by atoms with E-state index in [1.54, 1.807) is 6.08 Å². The molecule has 0 N–H and O–H groups in total. The highest BCUT2D eigenvalue weighted by Crippen LogP contribution is 2.38. The van der Waals surface area contributed by atoms with Gasteiger partial charge in [-0.05, 0) is 31.8 Å². The van der Waals surface area contributed by atoms with Crippen LogP contribution in [0.1, 0.15) is 155 Å². The Balaban J connectivity index is 4.38. The first-order chi connectivity index (χ1) is 24.0. The van der Waals surface area contributed by atoms with Gasteiger partial charge in [0, 0.05) is 12.8 Å². The zero-order chi connectivity index (χ0) is 37.2. The molecule has 0 spiro atoms. The molecule has 0 aliphatic rings. The van der Waals surface area contributed by atoms with E-state index in [0.717, 1.165) is 57.7 Å². The number of phosphoric ester groups is 1. The standard InChI is InChI=1S/C39H72NO9P/c1-5-6-7-8-9-10-11-12-13-14-15-18-21-24-27-30-38(42)46-35-37(36-48-50(44,45)47-34-32-40(2,3)4)49-39(43)31-28-25-22-19-16-17-20-23-26-29-33-41/h20,23,26,29,33,37H,5-19,21-22,24-25,27-28,30-32,34-36H2,1-4H3/b23-20-,29-26+/t37-/m0/s1. The summed E-state index contributed by atoms with van der Waals surface area (Å²) in [5, 5.41) is 0. The second-order valence-corrected chi connectivity index (χ2v) is 15.8. The summed E-state index contributed by atoms with van der Waals surface area (Å²) >= 11 is 0. The number of unbranched alkanes of at least 4 members (excludes halogenated alkanes) is 19. The van der Waals surface area contributed by atoms with Crippen LogP contribution in [0.5, 0.6) is 0 Å². The Labute approximate surface area is 304 Å². The van der Waals surface area contributed by atoms with Crippen LogP contribution in [0.4, 0.5) is 0 Å². The third-order valence-corrected chi connectivity index (χ3v) is 9.30. The molecule has 10 nitrogen and oxygen atoms in total. The van der Waals surface area contributed by atoms with Crippen molar-refractivity contribution in [1.82, 2.24) is 0 Å². The molecule has 0 fully saturated rings. The predicted octanol–water partition coefficient (Wildman–Crippen LogP) is 8.95. The van der Waals surface area contributed by atoms with Gasteiger partial charge in [0.2, 0.25) is 0 Å². The first-order valence-corrected chi connectivity index (χ1v) is 21.0. The largest absolute Gasteiger partial charge is 0.756 e. The van der Waals surface area contributed by atoms with Gasteiger partial charge < -0.3 is 27.9 Å². The van der Waals surface area contributed by atoms with E-state index in [-0.39, 0.29) is 26.1 Å². The molecule has 0 radical (unpaired) electrons. The Morgan fingerprint density at radius 3 is 1.68 bits per heavy atom. The fourth-order valence-corrected chi connectivity index (χ4v) is 5.97. The number of carbonyl (C=O) groups excluding carboxylic acids is 3. The van der Waals surface area contributed by atoms with E-state index in [4.69, 9.17) is 18.5 Å². The van der Waals surface area contributed by atoms with E-state index in [9.17, 15) is 23.8 Å². The van der Waals surface area contributed by atoms with Gasteiger partial charge in [-0.3, -0.25) is 18.9 Å². The minimum Gasteiger partial charge on any atom is -0.756 e. The highest BCUT2D eigenvalue weighted by molar-refractivity contribution is 7.45. The van der Waals surface area contributed by atoms with E-state index >= 15 is 0 Å². The van der Waals surface area contributed by atoms with Crippen molar-refractivity contribution in [2.75, 3.05) is 47.5 Å². The van der Waals surface area contributed by atoms with E-state index < -0.39 is 32.5 Å². The maximum Gasteiger partial charge on any atom is 0.306 e. The van der Waals surface area contributed by atoms with Crippen LogP contribution < -0.4 is 4.89 Å². The molecular weight excluding hydrogens is 657 g/mol. The number of carbonyl (C=O) groups is 3. The SMILES string of the molecule is CCCCCCCCCCCCCCCCCC(=O)OC[C@@H](COP(=O)([O-])OCC[N+](C)(C)C)OC(=O)CCCCCCC/C=C\C=C\C=O. The Bertz CT molecular complexity index is 948. The first kappa shape index (κ1) is 48.2. The Hall–Kier alpha value is -1.84. The maximum atomic E-state index is 12.6. The number of hydrogen-bond acceptors (Lipinski definition) is 9. The van der Waals surface area contributed by atoms with Crippen LogP contribution in [0.3, 0.4) is 0 Å². The summed E-state index contributed by atoms with van der Waals surface area (Å²) in [6.45, 7) is 1.90. The lowest BCUT2D eigenvalue weighted by Crippen LogP contribution is -2.37. The molecule has 2 atom stereocenters. The second-order valence-electron chi connectivity index (χ2n) is 14.3. The van der Waals surface area contributed by atoms with Gasteiger partial charge in [-0.2, -0.15) is 0 Å². The van der Waals surface area contributed by atoms with Gasteiger partial charge in [-0.25, -0.2) is 0 Å². The van der Waals surface area contributed by atoms with Crippen molar-refractivity contribution in [1.29, 1.82) is 0 Å². The molecule has 0 aliphatic heterocycles. The van der Waals surface area contributed by atoms with E-state index in [1.165, 1.54) is 83.1 Å². The normalized spacial score (nSPS) is 13.9. The van der Waals surface area contributed by atoms with E-state index in [1.807, 2.05) is 33.3 Å². The molecule has 0 heterocycles. The maximum absolute atomic E-state index is 12.6. The molecule has 0 amide bonds. The lowest BCUT2D eigenvalue weighted by Gasteiger charge is -2.28. The van der Waals surface area contributed by atoms with Crippen LogP contribution in [0.2, 0.25) is 0 Å². The number of ether oxygens (including phenoxy) is 2. The lowest BCUT2D eigenvalue weighted by molar-refractivity contribution is -0.870. The van der Waals surface area contributed by atoms with Crippen molar-refractivity contribution in [3.8, 4) is 0 Å². The Morgan fingerprint density at radius 2 is 1.16 bits per heavy atom. The van der Waals surface area contributed by atoms with Crippen LogP contribution in [-0.2, 0) is 37.5 Å². The van der Waals surface area contributed by atoms with Gasteiger partial charge in [-0.1, -0.05) is 134 Å². The topological polar surface area (TPSA) is 128 Å². The van der Waals surface area contributed by atoms with E-state index in [0.29, 0.717) is 17.4 Å². The number of likely N-dealkylation sites (N-methyl/N-ethyl adjacent to an activating group) is 1. The number of rotatable bonds is 36. The minimum atomic E-state index is -4.63. The van der Waals surface area contributed by atoms with Crippen molar-refractivity contribution >= 4 is 26.0 Å². The molecule has 0 aliphatic carbocycles.